The van der Waals surface area contributed by atoms with Crippen LogP contribution in [0.5, 0.6) is 0 Å². The Hall–Kier alpha value is -1.69. The molecule has 2 heterocycles. The fourth-order valence-corrected chi connectivity index (χ4v) is 2.35. The summed E-state index contributed by atoms with van der Waals surface area (Å²) in [6.45, 7) is 0.748. The largest absolute Gasteiger partial charge is 0.337 e. The number of imidazole rings is 1. The number of nitrogens with one attached hydrogen (secondary N) is 1. The molecule has 0 unspecified atom stereocenters. The number of aromatic nitrogens is 3. The minimum atomic E-state index is -0.112. The lowest BCUT2D eigenvalue weighted by atomic mass is 10.3. The second-order valence-electron chi connectivity index (χ2n) is 4.51. The van der Waals surface area contributed by atoms with Gasteiger partial charge in [0.25, 0.3) is 0 Å². The van der Waals surface area contributed by atoms with Crippen molar-refractivity contribution in [3.05, 3.63) is 24.8 Å². The van der Waals surface area contributed by atoms with Crippen LogP contribution in [0.15, 0.2) is 24.8 Å². The van der Waals surface area contributed by atoms with E-state index in [-0.39, 0.29) is 6.03 Å². The Morgan fingerprint density at radius 1 is 1.56 bits per heavy atom. The summed E-state index contributed by atoms with van der Waals surface area (Å²) < 4.78 is 5.51. The van der Waals surface area contributed by atoms with E-state index in [1.54, 1.807) is 18.7 Å². The zero-order chi connectivity index (χ0) is 12.4. The normalized spacial score (nSPS) is 14.7. The van der Waals surface area contributed by atoms with E-state index >= 15 is 0 Å². The lowest BCUT2D eigenvalue weighted by molar-refractivity contribution is 0.242. The van der Waals surface area contributed by atoms with Gasteiger partial charge < -0.3 is 5.32 Å². The van der Waals surface area contributed by atoms with Gasteiger partial charge >= 0.3 is 6.03 Å². The molecule has 1 amide bonds. The molecule has 2 aromatic rings. The molecule has 0 radical (unpaired) electrons. The molecule has 94 valence electrons. The highest BCUT2D eigenvalue weighted by Crippen LogP contribution is 2.31. The fraction of sp³-hybridized carbons (Fsp3) is 0.417. The number of hydrogen-bond acceptors (Lipinski definition) is 4. The summed E-state index contributed by atoms with van der Waals surface area (Å²) in [7, 11) is 0. The van der Waals surface area contributed by atoms with Gasteiger partial charge in [0, 0.05) is 18.9 Å². The Balaban J connectivity index is 1.59. The number of carbonyl (C=O) groups excluding carboxylic acids is 1. The summed E-state index contributed by atoms with van der Waals surface area (Å²) in [6, 6.07) is 1.78. The average molecular weight is 262 g/mol. The molecule has 1 N–H and O–H groups in total. The van der Waals surface area contributed by atoms with E-state index in [0.717, 1.165) is 29.5 Å². The van der Waals surface area contributed by atoms with Crippen LogP contribution in [-0.2, 0) is 0 Å². The predicted octanol–water partition coefficient (Wildman–Crippen LogP) is 2.36. The molecule has 1 aliphatic carbocycles. The molecule has 0 aliphatic heterocycles. The molecule has 5 nitrogen and oxygen atoms in total. The highest BCUT2D eigenvalue weighted by Gasteiger charge is 2.20. The first-order chi connectivity index (χ1) is 8.83. The van der Waals surface area contributed by atoms with Crippen molar-refractivity contribution < 1.29 is 4.79 Å². The molecule has 0 saturated heterocycles. The van der Waals surface area contributed by atoms with Gasteiger partial charge in [0.15, 0.2) is 0 Å². The van der Waals surface area contributed by atoms with Crippen LogP contribution < -0.4 is 5.32 Å². The van der Waals surface area contributed by atoms with Crippen LogP contribution in [0.25, 0.3) is 10.6 Å². The maximum Gasteiger partial charge on any atom is 0.326 e. The maximum atomic E-state index is 11.8. The Labute approximate surface area is 109 Å². The van der Waals surface area contributed by atoms with Gasteiger partial charge in [-0.25, -0.2) is 14.2 Å². The Morgan fingerprint density at radius 3 is 3.17 bits per heavy atom. The topological polar surface area (TPSA) is 59.8 Å². The van der Waals surface area contributed by atoms with Gasteiger partial charge in [0.1, 0.15) is 12.0 Å². The van der Waals surface area contributed by atoms with Gasteiger partial charge in [-0.3, -0.25) is 4.57 Å². The molecule has 0 bridgehead atoms. The van der Waals surface area contributed by atoms with Gasteiger partial charge in [-0.15, -0.1) is 0 Å². The van der Waals surface area contributed by atoms with Crippen molar-refractivity contribution in [3.8, 4) is 10.6 Å². The van der Waals surface area contributed by atoms with Gasteiger partial charge in [0.2, 0.25) is 0 Å². The predicted molar refractivity (Wildman–Crippen MR) is 69.5 cm³/mol. The summed E-state index contributed by atoms with van der Waals surface area (Å²) in [5.41, 5.74) is 0.787. The van der Waals surface area contributed by atoms with Crippen molar-refractivity contribution in [2.45, 2.75) is 19.3 Å². The van der Waals surface area contributed by atoms with E-state index in [1.165, 1.54) is 28.9 Å². The van der Waals surface area contributed by atoms with Crippen LogP contribution in [-0.4, -0.2) is 26.5 Å². The third kappa shape index (κ3) is 2.59. The quantitative estimate of drug-likeness (QED) is 0.920. The molecule has 18 heavy (non-hydrogen) atoms. The Kier molecular flexibility index (Phi) is 3.10. The van der Waals surface area contributed by atoms with Gasteiger partial charge in [-0.2, -0.15) is 0 Å². The van der Waals surface area contributed by atoms with Crippen LogP contribution in [0.4, 0.5) is 4.79 Å². The average Bonchev–Trinajstić information content (AvgIpc) is 2.87. The van der Waals surface area contributed by atoms with Crippen molar-refractivity contribution in [2.24, 2.45) is 5.92 Å². The standard InChI is InChI=1S/C12H14N4OS/c17-12(13-5-3-9-1-2-9)16-7-10(14-8-16)11-4-6-15-18-11/h4,6-9H,1-3,5H2,(H,13,17). The first-order valence-electron chi connectivity index (χ1n) is 6.06. The van der Waals surface area contributed by atoms with Crippen LogP contribution in [0.2, 0.25) is 0 Å². The number of nitrogens with zero attached hydrogens (tertiary/aromatic N) is 3. The van der Waals surface area contributed by atoms with Crippen LogP contribution in [0, 0.1) is 5.92 Å². The van der Waals surface area contributed by atoms with E-state index in [9.17, 15) is 4.79 Å². The van der Waals surface area contributed by atoms with E-state index < -0.39 is 0 Å². The highest BCUT2D eigenvalue weighted by atomic mass is 32.1. The number of carbonyl (C=O) groups is 1. The molecule has 0 aromatic carbocycles. The van der Waals surface area contributed by atoms with Gasteiger partial charge in [-0.05, 0) is 29.9 Å². The summed E-state index contributed by atoms with van der Waals surface area (Å²) >= 11 is 1.37. The van der Waals surface area contributed by atoms with Crippen LogP contribution >= 0.6 is 11.5 Å². The highest BCUT2D eigenvalue weighted by molar-refractivity contribution is 7.09. The number of rotatable bonds is 4. The van der Waals surface area contributed by atoms with E-state index in [2.05, 4.69) is 14.7 Å². The number of amides is 1. The molecule has 2 aromatic heterocycles. The zero-order valence-corrected chi connectivity index (χ0v) is 10.7. The fourth-order valence-electron chi connectivity index (χ4n) is 1.79. The van der Waals surface area contributed by atoms with Gasteiger partial charge in [0.05, 0.1) is 4.88 Å². The molecule has 1 aliphatic rings. The second kappa shape index (κ2) is 4.89. The zero-order valence-electron chi connectivity index (χ0n) is 9.87. The maximum absolute atomic E-state index is 11.8. The first kappa shape index (κ1) is 11.4. The third-order valence-electron chi connectivity index (χ3n) is 3.03. The summed E-state index contributed by atoms with van der Waals surface area (Å²) in [6.07, 6.45) is 8.73. The Morgan fingerprint density at radius 2 is 2.44 bits per heavy atom. The molecule has 3 rings (SSSR count). The van der Waals surface area contributed by atoms with Crippen LogP contribution in [0.3, 0.4) is 0 Å². The monoisotopic (exact) mass is 262 g/mol. The minimum absolute atomic E-state index is 0.112. The van der Waals surface area contributed by atoms with Crippen molar-refractivity contribution >= 4 is 17.6 Å². The SMILES string of the molecule is O=C(NCCC1CC1)n1cnc(-c2ccns2)c1. The summed E-state index contributed by atoms with van der Waals surface area (Å²) in [4.78, 5) is 17.0. The molecule has 1 fully saturated rings. The summed E-state index contributed by atoms with van der Waals surface area (Å²) in [5.74, 6) is 0.834. The molecular formula is C12H14N4OS. The van der Waals surface area contributed by atoms with Crippen molar-refractivity contribution in [2.75, 3.05) is 6.54 Å². The third-order valence-corrected chi connectivity index (χ3v) is 3.80. The van der Waals surface area contributed by atoms with E-state index in [0.29, 0.717) is 0 Å². The smallest absolute Gasteiger partial charge is 0.326 e. The number of hydrogen-bond donors (Lipinski definition) is 1. The summed E-state index contributed by atoms with van der Waals surface area (Å²) in [5, 5.41) is 2.90. The van der Waals surface area contributed by atoms with Crippen molar-refractivity contribution in [1.82, 2.24) is 19.2 Å². The van der Waals surface area contributed by atoms with Crippen molar-refractivity contribution in [3.63, 3.8) is 0 Å². The van der Waals surface area contributed by atoms with Crippen LogP contribution in [0.1, 0.15) is 19.3 Å². The molecule has 1 saturated carbocycles. The first-order valence-corrected chi connectivity index (χ1v) is 6.83. The van der Waals surface area contributed by atoms with E-state index in [1.807, 2.05) is 6.07 Å². The van der Waals surface area contributed by atoms with Crippen molar-refractivity contribution in [1.29, 1.82) is 0 Å². The molecule has 6 heteroatoms. The lowest BCUT2D eigenvalue weighted by Gasteiger charge is -2.03. The minimum Gasteiger partial charge on any atom is -0.337 e. The molecule has 0 atom stereocenters. The Bertz CT molecular complexity index is 530. The molecular weight excluding hydrogens is 248 g/mol. The lowest BCUT2D eigenvalue weighted by Crippen LogP contribution is -2.28. The second-order valence-corrected chi connectivity index (χ2v) is 5.34. The van der Waals surface area contributed by atoms with E-state index in [4.69, 9.17) is 0 Å². The van der Waals surface area contributed by atoms with Gasteiger partial charge in [-0.1, -0.05) is 12.8 Å². The molecule has 0 spiro atoms.